The molecular weight excluding hydrogens is 442 g/mol. The summed E-state index contributed by atoms with van der Waals surface area (Å²) in [6.07, 6.45) is 0. The highest BCUT2D eigenvalue weighted by Crippen LogP contribution is 2.27. The van der Waals surface area contributed by atoms with Gasteiger partial charge in [0.05, 0.1) is 36.1 Å². The number of hydrogen-bond acceptors (Lipinski definition) is 7. The third kappa shape index (κ3) is 4.44. The molecule has 10 heteroatoms. The van der Waals surface area contributed by atoms with E-state index in [1.54, 1.807) is 24.7 Å². The van der Waals surface area contributed by atoms with Gasteiger partial charge in [0.1, 0.15) is 5.75 Å². The van der Waals surface area contributed by atoms with Crippen LogP contribution >= 0.6 is 11.8 Å². The summed E-state index contributed by atoms with van der Waals surface area (Å²) in [6, 6.07) is 12.8. The summed E-state index contributed by atoms with van der Waals surface area (Å²) < 4.78 is 13.9. The van der Waals surface area contributed by atoms with Gasteiger partial charge in [-0.2, -0.15) is 0 Å². The number of thioether (sulfide) groups is 1. The molecule has 0 aliphatic rings. The first-order chi connectivity index (χ1) is 15.9. The van der Waals surface area contributed by atoms with Crippen LogP contribution in [-0.2, 0) is 9.53 Å². The fourth-order valence-corrected chi connectivity index (χ4v) is 4.45. The number of methoxy groups -OCH3 is 2. The van der Waals surface area contributed by atoms with Crippen LogP contribution in [0.15, 0.2) is 52.4 Å². The first-order valence-corrected chi connectivity index (χ1v) is 11.4. The molecule has 2 aromatic carbocycles. The molecule has 172 valence electrons. The van der Waals surface area contributed by atoms with E-state index in [2.05, 4.69) is 15.5 Å². The normalized spacial score (nSPS) is 12.2. The van der Waals surface area contributed by atoms with E-state index in [1.807, 2.05) is 50.2 Å². The van der Waals surface area contributed by atoms with E-state index in [-0.39, 0.29) is 23.3 Å². The molecule has 2 heterocycles. The first-order valence-electron chi connectivity index (χ1n) is 10.4. The zero-order chi connectivity index (χ0) is 23.5. The molecule has 0 aliphatic heterocycles. The number of aryl methyl sites for hydroxylation is 1. The van der Waals surface area contributed by atoms with Crippen LogP contribution in [-0.4, -0.2) is 57.7 Å². The van der Waals surface area contributed by atoms with Gasteiger partial charge < -0.3 is 14.8 Å². The van der Waals surface area contributed by atoms with Crippen molar-refractivity contribution in [1.82, 2.24) is 24.5 Å². The Morgan fingerprint density at radius 1 is 1.18 bits per heavy atom. The van der Waals surface area contributed by atoms with E-state index < -0.39 is 0 Å². The van der Waals surface area contributed by atoms with Crippen molar-refractivity contribution >= 4 is 34.3 Å². The van der Waals surface area contributed by atoms with Gasteiger partial charge in [0.25, 0.3) is 5.56 Å². The Balaban J connectivity index is 1.84. The maximum Gasteiger partial charge on any atom is 0.267 e. The van der Waals surface area contributed by atoms with Crippen LogP contribution < -0.4 is 15.6 Å². The fourth-order valence-electron chi connectivity index (χ4n) is 3.70. The number of rotatable bonds is 8. The number of ether oxygens (including phenoxy) is 2. The van der Waals surface area contributed by atoms with Crippen molar-refractivity contribution in [3.8, 4) is 11.4 Å². The van der Waals surface area contributed by atoms with Crippen LogP contribution in [0.4, 0.5) is 0 Å². The Labute approximate surface area is 194 Å². The van der Waals surface area contributed by atoms with Crippen molar-refractivity contribution in [2.45, 2.75) is 25.0 Å². The minimum atomic E-state index is -0.225. The molecule has 33 heavy (non-hydrogen) atoms. The van der Waals surface area contributed by atoms with Crippen molar-refractivity contribution < 1.29 is 14.3 Å². The van der Waals surface area contributed by atoms with Gasteiger partial charge in [-0.3, -0.25) is 14.0 Å². The van der Waals surface area contributed by atoms with E-state index in [0.717, 1.165) is 5.56 Å². The van der Waals surface area contributed by atoms with Gasteiger partial charge in [-0.05, 0) is 43.7 Å². The summed E-state index contributed by atoms with van der Waals surface area (Å²) in [5.74, 6) is 0.900. The topological polar surface area (TPSA) is 99.8 Å². The van der Waals surface area contributed by atoms with Crippen LogP contribution in [0.1, 0.15) is 12.5 Å². The average molecular weight is 468 g/mol. The Kier molecular flexibility index (Phi) is 6.66. The molecule has 0 radical (unpaired) electrons. The lowest BCUT2D eigenvalue weighted by Gasteiger charge is -2.15. The van der Waals surface area contributed by atoms with Crippen molar-refractivity contribution in [3.63, 3.8) is 0 Å². The summed E-state index contributed by atoms with van der Waals surface area (Å²) in [4.78, 5) is 25.9. The highest BCUT2D eigenvalue weighted by molar-refractivity contribution is 7.99. The third-order valence-electron chi connectivity index (χ3n) is 5.13. The monoisotopic (exact) mass is 467 g/mol. The first kappa shape index (κ1) is 22.8. The predicted molar refractivity (Wildman–Crippen MR) is 128 cm³/mol. The Morgan fingerprint density at radius 3 is 2.73 bits per heavy atom. The summed E-state index contributed by atoms with van der Waals surface area (Å²) in [6.45, 7) is 4.25. The summed E-state index contributed by atoms with van der Waals surface area (Å²) in [7, 11) is 3.15. The SMILES string of the molecule is COCC(C)NC(=O)CSc1nnc2n(-c3cc(C)ccc3OC)c(=O)c3ccccc3n12. The molecule has 2 aromatic heterocycles. The molecule has 1 atom stereocenters. The number of amides is 1. The quantitative estimate of drug-likeness (QED) is 0.398. The Morgan fingerprint density at radius 2 is 1.97 bits per heavy atom. The van der Waals surface area contributed by atoms with E-state index >= 15 is 0 Å². The van der Waals surface area contributed by atoms with Gasteiger partial charge in [0.2, 0.25) is 11.7 Å². The number of carbonyl (C=O) groups is 1. The number of benzene rings is 2. The van der Waals surface area contributed by atoms with Crippen molar-refractivity contribution in [3.05, 3.63) is 58.4 Å². The van der Waals surface area contributed by atoms with Crippen molar-refractivity contribution in [1.29, 1.82) is 0 Å². The smallest absolute Gasteiger partial charge is 0.267 e. The molecule has 0 saturated carbocycles. The highest BCUT2D eigenvalue weighted by Gasteiger charge is 2.20. The van der Waals surface area contributed by atoms with Gasteiger partial charge >= 0.3 is 0 Å². The fraction of sp³-hybridized carbons (Fsp3) is 0.304. The van der Waals surface area contributed by atoms with Crippen LogP contribution in [0.25, 0.3) is 22.4 Å². The average Bonchev–Trinajstić information content (AvgIpc) is 3.22. The van der Waals surface area contributed by atoms with Crippen molar-refractivity contribution in [2.75, 3.05) is 26.6 Å². The van der Waals surface area contributed by atoms with Crippen molar-refractivity contribution in [2.24, 2.45) is 0 Å². The number of carbonyl (C=O) groups excluding carboxylic acids is 1. The van der Waals surface area contributed by atoms with E-state index in [1.165, 1.54) is 16.3 Å². The van der Waals surface area contributed by atoms with E-state index in [9.17, 15) is 9.59 Å². The van der Waals surface area contributed by atoms with Gasteiger partial charge in [-0.25, -0.2) is 4.57 Å². The van der Waals surface area contributed by atoms with Gasteiger partial charge in [0.15, 0.2) is 5.16 Å². The minimum Gasteiger partial charge on any atom is -0.495 e. The summed E-state index contributed by atoms with van der Waals surface area (Å²) >= 11 is 1.25. The third-order valence-corrected chi connectivity index (χ3v) is 6.06. The molecule has 0 spiro atoms. The standard InChI is InChI=1S/C23H25N5O4S/c1-14-9-10-19(32-4)18(11-14)27-21(30)16-7-5-6-8-17(16)28-22(27)25-26-23(28)33-13-20(29)24-15(2)12-31-3/h5-11,15H,12-13H2,1-4H3,(H,24,29). The second-order valence-electron chi connectivity index (χ2n) is 7.66. The molecule has 0 fully saturated rings. The molecule has 4 rings (SSSR count). The lowest BCUT2D eigenvalue weighted by Crippen LogP contribution is -2.36. The molecule has 9 nitrogen and oxygen atoms in total. The zero-order valence-electron chi connectivity index (χ0n) is 18.9. The molecule has 4 aromatic rings. The highest BCUT2D eigenvalue weighted by atomic mass is 32.2. The van der Waals surface area contributed by atoms with E-state index in [0.29, 0.717) is 39.9 Å². The molecular formula is C23H25N5O4S. The van der Waals surface area contributed by atoms with Crippen LogP contribution in [0.3, 0.4) is 0 Å². The second kappa shape index (κ2) is 9.63. The van der Waals surface area contributed by atoms with Crippen LogP contribution in [0, 0.1) is 6.92 Å². The van der Waals surface area contributed by atoms with Gasteiger partial charge in [-0.1, -0.05) is 30.0 Å². The van der Waals surface area contributed by atoms with Crippen LogP contribution in [0.2, 0.25) is 0 Å². The maximum atomic E-state index is 13.5. The molecule has 1 amide bonds. The van der Waals surface area contributed by atoms with Crippen LogP contribution in [0.5, 0.6) is 5.75 Å². The predicted octanol–water partition coefficient (Wildman–Crippen LogP) is 2.59. The minimum absolute atomic E-state index is 0.0990. The largest absolute Gasteiger partial charge is 0.495 e. The van der Waals surface area contributed by atoms with Gasteiger partial charge in [0, 0.05) is 13.2 Å². The molecule has 1 N–H and O–H groups in total. The number of aromatic nitrogens is 4. The lowest BCUT2D eigenvalue weighted by molar-refractivity contribution is -0.119. The van der Waals surface area contributed by atoms with E-state index in [4.69, 9.17) is 9.47 Å². The summed E-state index contributed by atoms with van der Waals surface area (Å²) in [5, 5.41) is 12.5. The number of fused-ring (bicyclic) bond motifs is 3. The number of nitrogens with zero attached hydrogens (tertiary/aromatic N) is 4. The Bertz CT molecular complexity index is 1380. The maximum absolute atomic E-state index is 13.5. The zero-order valence-corrected chi connectivity index (χ0v) is 19.7. The van der Waals surface area contributed by atoms with Gasteiger partial charge in [-0.15, -0.1) is 10.2 Å². The number of nitrogens with one attached hydrogen (secondary N) is 1. The molecule has 0 bridgehead atoms. The molecule has 0 saturated heterocycles. The summed E-state index contributed by atoms with van der Waals surface area (Å²) in [5.41, 5.74) is 1.99. The number of para-hydroxylation sites is 1. The molecule has 0 aliphatic carbocycles. The second-order valence-corrected chi connectivity index (χ2v) is 8.61. The molecule has 1 unspecified atom stereocenters. The number of hydrogen-bond donors (Lipinski definition) is 1. The Hall–Kier alpha value is -3.37. The lowest BCUT2D eigenvalue weighted by atomic mass is 10.2.